The molecule has 2 heterocycles. The second kappa shape index (κ2) is 5.97. The minimum Gasteiger partial charge on any atom is -0.373 e. The number of sulfonamides is 1. The zero-order valence-corrected chi connectivity index (χ0v) is 12.1. The van der Waals surface area contributed by atoms with Gasteiger partial charge in [-0.05, 0) is 19.1 Å². The van der Waals surface area contributed by atoms with Gasteiger partial charge in [0.2, 0.25) is 10.0 Å². The third-order valence-corrected chi connectivity index (χ3v) is 4.15. The van der Waals surface area contributed by atoms with E-state index >= 15 is 0 Å². The molecule has 0 aromatic carbocycles. The largest absolute Gasteiger partial charge is 0.373 e. The normalized spacial score (nSPS) is 11.5. The van der Waals surface area contributed by atoms with Gasteiger partial charge in [0.25, 0.3) is 0 Å². The van der Waals surface area contributed by atoms with E-state index in [4.69, 9.17) is 0 Å². The number of hydrogen-bond acceptors (Lipinski definition) is 6. The lowest BCUT2D eigenvalue weighted by Crippen LogP contribution is -2.25. The van der Waals surface area contributed by atoms with Crippen molar-refractivity contribution in [3.63, 3.8) is 0 Å². The lowest BCUT2D eigenvalue weighted by molar-refractivity contribution is 0.574. The monoisotopic (exact) mass is 296 g/mol. The van der Waals surface area contributed by atoms with Crippen LogP contribution in [-0.4, -0.2) is 35.2 Å². The number of rotatable bonds is 6. The van der Waals surface area contributed by atoms with Gasteiger partial charge in [0, 0.05) is 19.8 Å². The Morgan fingerprint density at radius 3 is 2.75 bits per heavy atom. The Balaban J connectivity index is 2.10. The van der Waals surface area contributed by atoms with Crippen LogP contribution in [0.15, 0.2) is 29.6 Å². The fourth-order valence-corrected chi connectivity index (χ4v) is 2.53. The lowest BCUT2D eigenvalue weighted by atomic mass is 10.5. The van der Waals surface area contributed by atoms with Crippen LogP contribution >= 0.6 is 0 Å². The summed E-state index contributed by atoms with van der Waals surface area (Å²) in [7, 11) is -1.89. The number of aromatic nitrogens is 4. The SMILES string of the molecule is CCn1cnnc1CNS(=O)(=O)c1ccc(NC)nc1. The molecule has 0 radical (unpaired) electrons. The van der Waals surface area contributed by atoms with Crippen LogP contribution in [0.4, 0.5) is 5.82 Å². The Bertz CT molecular complexity index is 664. The maximum absolute atomic E-state index is 12.1. The molecule has 0 atom stereocenters. The summed E-state index contributed by atoms with van der Waals surface area (Å²) in [5.74, 6) is 1.17. The van der Waals surface area contributed by atoms with Crippen LogP contribution in [0.1, 0.15) is 12.7 Å². The van der Waals surface area contributed by atoms with Gasteiger partial charge < -0.3 is 9.88 Å². The molecule has 0 aliphatic carbocycles. The van der Waals surface area contributed by atoms with Crippen molar-refractivity contribution in [2.45, 2.75) is 24.9 Å². The number of aryl methyl sites for hydroxylation is 1. The number of nitrogens with zero attached hydrogens (tertiary/aromatic N) is 4. The first-order chi connectivity index (χ1) is 9.56. The van der Waals surface area contributed by atoms with E-state index in [2.05, 4.69) is 25.2 Å². The van der Waals surface area contributed by atoms with Crippen LogP contribution in [0.25, 0.3) is 0 Å². The van der Waals surface area contributed by atoms with Gasteiger partial charge >= 0.3 is 0 Å². The van der Waals surface area contributed by atoms with Crippen molar-refractivity contribution in [3.05, 3.63) is 30.5 Å². The molecule has 0 unspecified atom stereocenters. The summed E-state index contributed by atoms with van der Waals surface area (Å²) in [6.45, 7) is 2.70. The summed E-state index contributed by atoms with van der Waals surface area (Å²) in [6, 6.07) is 3.09. The molecule has 9 heteroatoms. The summed E-state index contributed by atoms with van der Waals surface area (Å²) in [4.78, 5) is 4.09. The molecule has 0 saturated heterocycles. The number of anilines is 1. The molecule has 0 spiro atoms. The zero-order chi connectivity index (χ0) is 14.6. The Hall–Kier alpha value is -2.00. The maximum Gasteiger partial charge on any atom is 0.242 e. The molecule has 0 amide bonds. The molecule has 8 nitrogen and oxygen atoms in total. The summed E-state index contributed by atoms with van der Waals surface area (Å²) in [5, 5.41) is 10.4. The molecular formula is C11H16N6O2S. The van der Waals surface area contributed by atoms with Crippen LogP contribution in [0.2, 0.25) is 0 Å². The number of hydrogen-bond donors (Lipinski definition) is 2. The Kier molecular flexibility index (Phi) is 4.30. The summed E-state index contributed by atoms with van der Waals surface area (Å²) >= 11 is 0. The molecule has 2 aromatic rings. The highest BCUT2D eigenvalue weighted by Gasteiger charge is 2.15. The number of pyridine rings is 1. The molecule has 0 saturated carbocycles. The smallest absolute Gasteiger partial charge is 0.242 e. The molecule has 108 valence electrons. The molecule has 0 fully saturated rings. The van der Waals surface area contributed by atoms with Crippen molar-refractivity contribution in [1.82, 2.24) is 24.5 Å². The average molecular weight is 296 g/mol. The topological polar surface area (TPSA) is 102 Å². The highest BCUT2D eigenvalue weighted by atomic mass is 32.2. The molecule has 2 rings (SSSR count). The van der Waals surface area contributed by atoms with Crippen molar-refractivity contribution in [1.29, 1.82) is 0 Å². The van der Waals surface area contributed by atoms with E-state index < -0.39 is 10.0 Å². The molecule has 20 heavy (non-hydrogen) atoms. The van der Waals surface area contributed by atoms with E-state index in [0.717, 1.165) is 0 Å². The standard InChI is InChI=1S/C11H16N6O2S/c1-3-17-8-14-16-11(17)7-15-20(18,19)9-4-5-10(12-2)13-6-9/h4-6,8,15H,3,7H2,1-2H3,(H,12,13). The van der Waals surface area contributed by atoms with Gasteiger partial charge in [-0.1, -0.05) is 0 Å². The molecule has 0 bridgehead atoms. The third kappa shape index (κ3) is 3.11. The predicted molar refractivity (Wildman–Crippen MR) is 73.5 cm³/mol. The van der Waals surface area contributed by atoms with Crippen LogP contribution < -0.4 is 10.0 Å². The quantitative estimate of drug-likeness (QED) is 0.790. The van der Waals surface area contributed by atoms with Crippen molar-refractivity contribution >= 4 is 15.8 Å². The van der Waals surface area contributed by atoms with Crippen molar-refractivity contribution in [2.75, 3.05) is 12.4 Å². The first kappa shape index (κ1) is 14.4. The molecule has 0 aliphatic heterocycles. The average Bonchev–Trinajstić information content (AvgIpc) is 2.93. The van der Waals surface area contributed by atoms with Gasteiger partial charge in [-0.2, -0.15) is 0 Å². The molecule has 0 aliphatic rings. The van der Waals surface area contributed by atoms with Crippen LogP contribution in [-0.2, 0) is 23.1 Å². The Morgan fingerprint density at radius 1 is 1.35 bits per heavy atom. The van der Waals surface area contributed by atoms with E-state index in [1.807, 2.05) is 6.92 Å². The Morgan fingerprint density at radius 2 is 2.15 bits per heavy atom. The van der Waals surface area contributed by atoms with Crippen molar-refractivity contribution < 1.29 is 8.42 Å². The van der Waals surface area contributed by atoms with Crippen molar-refractivity contribution in [2.24, 2.45) is 0 Å². The Labute approximate surface area is 117 Å². The van der Waals surface area contributed by atoms with E-state index in [-0.39, 0.29) is 11.4 Å². The third-order valence-electron chi connectivity index (χ3n) is 2.76. The van der Waals surface area contributed by atoms with E-state index in [1.54, 1.807) is 24.0 Å². The molecular weight excluding hydrogens is 280 g/mol. The molecule has 2 aromatic heterocycles. The van der Waals surface area contributed by atoms with Gasteiger partial charge in [0.1, 0.15) is 22.9 Å². The van der Waals surface area contributed by atoms with E-state index in [0.29, 0.717) is 18.2 Å². The van der Waals surface area contributed by atoms with Crippen LogP contribution in [0.3, 0.4) is 0 Å². The predicted octanol–water partition coefficient (Wildman–Crippen LogP) is 0.213. The summed E-state index contributed by atoms with van der Waals surface area (Å²) in [6.07, 6.45) is 2.87. The minimum atomic E-state index is -3.61. The molecule has 2 N–H and O–H groups in total. The van der Waals surface area contributed by atoms with Gasteiger partial charge in [0.15, 0.2) is 0 Å². The summed E-state index contributed by atoms with van der Waals surface area (Å²) < 4.78 is 28.4. The highest BCUT2D eigenvalue weighted by Crippen LogP contribution is 2.10. The van der Waals surface area contributed by atoms with Gasteiger partial charge in [-0.15, -0.1) is 10.2 Å². The summed E-state index contributed by atoms with van der Waals surface area (Å²) in [5.41, 5.74) is 0. The zero-order valence-electron chi connectivity index (χ0n) is 11.2. The van der Waals surface area contributed by atoms with E-state index in [9.17, 15) is 8.42 Å². The van der Waals surface area contributed by atoms with Gasteiger partial charge in [-0.25, -0.2) is 18.1 Å². The van der Waals surface area contributed by atoms with Gasteiger partial charge in [0.05, 0.1) is 6.54 Å². The van der Waals surface area contributed by atoms with E-state index in [1.165, 1.54) is 12.3 Å². The first-order valence-corrected chi connectivity index (χ1v) is 7.55. The second-order valence-electron chi connectivity index (χ2n) is 3.99. The number of nitrogens with one attached hydrogen (secondary N) is 2. The first-order valence-electron chi connectivity index (χ1n) is 6.07. The second-order valence-corrected chi connectivity index (χ2v) is 5.75. The van der Waals surface area contributed by atoms with Crippen LogP contribution in [0, 0.1) is 0 Å². The fraction of sp³-hybridized carbons (Fsp3) is 0.364. The lowest BCUT2D eigenvalue weighted by Gasteiger charge is -2.07. The maximum atomic E-state index is 12.1. The van der Waals surface area contributed by atoms with Crippen molar-refractivity contribution in [3.8, 4) is 0 Å². The van der Waals surface area contributed by atoms with Crippen LogP contribution in [0.5, 0.6) is 0 Å². The minimum absolute atomic E-state index is 0.0873. The highest BCUT2D eigenvalue weighted by molar-refractivity contribution is 7.89. The fourth-order valence-electron chi connectivity index (χ4n) is 1.61. The van der Waals surface area contributed by atoms with Gasteiger partial charge in [-0.3, -0.25) is 0 Å².